The second kappa shape index (κ2) is 7.81. The predicted molar refractivity (Wildman–Crippen MR) is 77.0 cm³/mol. The molecule has 1 aromatic rings. The summed E-state index contributed by atoms with van der Waals surface area (Å²) in [7, 11) is 0. The lowest BCUT2D eigenvalue weighted by Gasteiger charge is -2.28. The molecule has 0 aliphatic heterocycles. The van der Waals surface area contributed by atoms with E-state index in [2.05, 4.69) is 6.07 Å². The van der Waals surface area contributed by atoms with Crippen molar-refractivity contribution >= 4 is 6.29 Å². The van der Waals surface area contributed by atoms with Crippen molar-refractivity contribution in [1.82, 2.24) is 0 Å². The number of rotatable bonds is 6. The number of hydrogen-bond acceptors (Lipinski definition) is 3. The van der Waals surface area contributed by atoms with Gasteiger partial charge >= 0.3 is 0 Å². The fourth-order valence-corrected chi connectivity index (χ4v) is 2.78. The molecule has 20 heavy (non-hydrogen) atoms. The summed E-state index contributed by atoms with van der Waals surface area (Å²) in [4.78, 5) is 10.4. The zero-order chi connectivity index (χ0) is 14.2. The average molecular weight is 271 g/mol. The average Bonchev–Trinajstić information content (AvgIpc) is 2.52. The van der Waals surface area contributed by atoms with Gasteiger partial charge in [0.25, 0.3) is 0 Å². The van der Waals surface area contributed by atoms with Gasteiger partial charge in [0.2, 0.25) is 0 Å². The topological polar surface area (TPSA) is 50.1 Å². The zero-order valence-corrected chi connectivity index (χ0v) is 11.8. The maximum Gasteiger partial charge on any atom is 0.120 e. The van der Waals surface area contributed by atoms with E-state index in [0.717, 1.165) is 31.1 Å². The molecule has 0 unspecified atom stereocenters. The van der Waals surface area contributed by atoms with Crippen LogP contribution in [0.2, 0.25) is 0 Å². The Morgan fingerprint density at radius 2 is 1.90 bits per heavy atom. The number of nitrogens with zero attached hydrogens (tertiary/aromatic N) is 1. The van der Waals surface area contributed by atoms with Crippen LogP contribution in [0.5, 0.6) is 0 Å². The third kappa shape index (κ3) is 4.47. The van der Waals surface area contributed by atoms with E-state index in [0.29, 0.717) is 30.6 Å². The summed E-state index contributed by atoms with van der Waals surface area (Å²) in [5.41, 5.74) is 1.80. The van der Waals surface area contributed by atoms with Gasteiger partial charge < -0.3 is 9.53 Å². The van der Waals surface area contributed by atoms with Crippen molar-refractivity contribution in [3.8, 4) is 6.07 Å². The maximum atomic E-state index is 10.4. The Bertz CT molecular complexity index is 453. The van der Waals surface area contributed by atoms with Gasteiger partial charge in [-0.1, -0.05) is 12.1 Å². The van der Waals surface area contributed by atoms with Gasteiger partial charge in [-0.3, -0.25) is 0 Å². The minimum atomic E-state index is 0.345. The van der Waals surface area contributed by atoms with Crippen molar-refractivity contribution in [2.24, 2.45) is 5.92 Å². The second-order valence-corrected chi connectivity index (χ2v) is 5.51. The molecule has 0 aromatic heterocycles. The Labute approximate surface area is 120 Å². The quantitative estimate of drug-likeness (QED) is 0.743. The fourth-order valence-electron chi connectivity index (χ4n) is 2.78. The van der Waals surface area contributed by atoms with Crippen molar-refractivity contribution in [1.29, 1.82) is 5.26 Å². The third-order valence-electron chi connectivity index (χ3n) is 4.06. The van der Waals surface area contributed by atoms with Crippen LogP contribution in [-0.4, -0.2) is 12.4 Å². The van der Waals surface area contributed by atoms with Crippen molar-refractivity contribution in [3.05, 3.63) is 35.4 Å². The van der Waals surface area contributed by atoms with Crippen LogP contribution in [0.1, 0.15) is 49.7 Å². The first-order valence-corrected chi connectivity index (χ1v) is 7.36. The monoisotopic (exact) mass is 271 g/mol. The van der Waals surface area contributed by atoms with Crippen molar-refractivity contribution in [2.75, 3.05) is 0 Å². The normalized spacial score (nSPS) is 22.1. The number of hydrogen-bond donors (Lipinski definition) is 0. The van der Waals surface area contributed by atoms with Crippen molar-refractivity contribution < 1.29 is 9.53 Å². The SMILES string of the molecule is N#Cc1ccc(CO[C@H]2CC[C@H](CCC=O)CC2)cc1. The van der Waals surface area contributed by atoms with Gasteiger partial charge in [-0.2, -0.15) is 5.26 Å². The molecule has 1 aliphatic rings. The number of aldehydes is 1. The molecule has 0 spiro atoms. The van der Waals surface area contributed by atoms with Gasteiger partial charge in [-0.25, -0.2) is 0 Å². The lowest BCUT2D eigenvalue weighted by molar-refractivity contribution is -0.108. The van der Waals surface area contributed by atoms with E-state index in [-0.39, 0.29) is 0 Å². The summed E-state index contributed by atoms with van der Waals surface area (Å²) in [6.45, 7) is 0.620. The van der Waals surface area contributed by atoms with Gasteiger partial charge in [-0.05, 0) is 55.7 Å². The number of carbonyl (C=O) groups is 1. The van der Waals surface area contributed by atoms with Crippen molar-refractivity contribution in [2.45, 2.75) is 51.2 Å². The molecule has 1 aliphatic carbocycles. The molecule has 0 radical (unpaired) electrons. The van der Waals surface area contributed by atoms with Crippen molar-refractivity contribution in [3.63, 3.8) is 0 Å². The molecule has 1 aromatic carbocycles. The van der Waals surface area contributed by atoms with Gasteiger partial charge in [0, 0.05) is 6.42 Å². The highest BCUT2D eigenvalue weighted by molar-refractivity contribution is 5.49. The smallest absolute Gasteiger partial charge is 0.120 e. The van der Waals surface area contributed by atoms with Crippen LogP contribution in [0, 0.1) is 17.2 Å². The predicted octanol–water partition coefficient (Wildman–Crippen LogP) is 3.61. The Morgan fingerprint density at radius 1 is 1.20 bits per heavy atom. The van der Waals surface area contributed by atoms with Crippen LogP contribution in [0.3, 0.4) is 0 Å². The maximum absolute atomic E-state index is 10.4. The van der Waals surface area contributed by atoms with Crippen LogP contribution in [0.25, 0.3) is 0 Å². The summed E-state index contributed by atoms with van der Waals surface area (Å²) in [6.07, 6.45) is 7.64. The van der Waals surface area contributed by atoms with E-state index in [1.807, 2.05) is 24.3 Å². The Morgan fingerprint density at radius 3 is 2.50 bits per heavy atom. The first kappa shape index (κ1) is 14.7. The Kier molecular flexibility index (Phi) is 5.76. The van der Waals surface area contributed by atoms with Gasteiger partial charge in [0.05, 0.1) is 24.3 Å². The zero-order valence-electron chi connectivity index (χ0n) is 11.8. The second-order valence-electron chi connectivity index (χ2n) is 5.51. The lowest BCUT2D eigenvalue weighted by Crippen LogP contribution is -2.21. The molecule has 0 bridgehead atoms. The first-order chi connectivity index (χ1) is 9.81. The van der Waals surface area contributed by atoms with Gasteiger partial charge in [0.15, 0.2) is 0 Å². The third-order valence-corrected chi connectivity index (χ3v) is 4.06. The molecule has 0 heterocycles. The summed E-state index contributed by atoms with van der Waals surface area (Å²) in [5.74, 6) is 0.704. The van der Waals surface area contributed by atoms with E-state index in [4.69, 9.17) is 10.00 Å². The lowest BCUT2D eigenvalue weighted by atomic mass is 9.84. The Balaban J connectivity index is 1.70. The molecule has 3 heteroatoms. The summed E-state index contributed by atoms with van der Waals surface area (Å²) in [6, 6.07) is 9.68. The summed E-state index contributed by atoms with van der Waals surface area (Å²) in [5, 5.41) is 8.75. The molecular weight excluding hydrogens is 250 g/mol. The minimum Gasteiger partial charge on any atom is -0.374 e. The van der Waals surface area contributed by atoms with Crippen LogP contribution in [0.15, 0.2) is 24.3 Å². The van der Waals surface area contributed by atoms with Gasteiger partial charge in [0.1, 0.15) is 6.29 Å². The molecule has 0 saturated heterocycles. The van der Waals surface area contributed by atoms with Gasteiger partial charge in [-0.15, -0.1) is 0 Å². The van der Waals surface area contributed by atoms with E-state index in [1.54, 1.807) is 0 Å². The van der Waals surface area contributed by atoms with E-state index in [9.17, 15) is 4.79 Å². The molecule has 3 nitrogen and oxygen atoms in total. The molecule has 1 fully saturated rings. The van der Waals surface area contributed by atoms with Crippen LogP contribution >= 0.6 is 0 Å². The molecular formula is C17H21NO2. The molecule has 2 rings (SSSR count). The largest absolute Gasteiger partial charge is 0.374 e. The number of ether oxygens (including phenoxy) is 1. The molecule has 0 atom stereocenters. The highest BCUT2D eigenvalue weighted by atomic mass is 16.5. The Hall–Kier alpha value is -1.66. The highest BCUT2D eigenvalue weighted by Crippen LogP contribution is 2.29. The van der Waals surface area contributed by atoms with Crippen LogP contribution < -0.4 is 0 Å². The first-order valence-electron chi connectivity index (χ1n) is 7.36. The molecule has 0 amide bonds. The molecule has 1 saturated carbocycles. The van der Waals surface area contributed by atoms with Crippen LogP contribution in [0.4, 0.5) is 0 Å². The fraction of sp³-hybridized carbons (Fsp3) is 0.529. The van der Waals surface area contributed by atoms with E-state index in [1.165, 1.54) is 12.8 Å². The standard InChI is InChI=1S/C17H21NO2/c18-12-15-3-5-16(6-4-15)13-20-17-9-7-14(8-10-17)2-1-11-19/h3-6,11,14,17H,1-2,7-10,13H2/t14-,17-. The number of carbonyl (C=O) groups excluding carboxylic acids is 1. The molecule has 106 valence electrons. The summed E-state index contributed by atoms with van der Waals surface area (Å²) >= 11 is 0. The van der Waals surface area contributed by atoms with E-state index < -0.39 is 0 Å². The molecule has 0 N–H and O–H groups in total. The summed E-state index contributed by atoms with van der Waals surface area (Å²) < 4.78 is 5.94. The minimum absolute atomic E-state index is 0.345. The number of nitriles is 1. The number of benzene rings is 1. The van der Waals surface area contributed by atoms with Crippen LogP contribution in [-0.2, 0) is 16.1 Å². The highest BCUT2D eigenvalue weighted by Gasteiger charge is 2.21. The van der Waals surface area contributed by atoms with E-state index >= 15 is 0 Å².